The van der Waals surface area contributed by atoms with Crippen molar-refractivity contribution in [3.8, 4) is 16.9 Å². The highest BCUT2D eigenvalue weighted by molar-refractivity contribution is 6.04. The van der Waals surface area contributed by atoms with E-state index in [9.17, 15) is 18.0 Å². The van der Waals surface area contributed by atoms with Gasteiger partial charge in [0.15, 0.2) is 5.66 Å². The van der Waals surface area contributed by atoms with Gasteiger partial charge in [0, 0.05) is 11.1 Å². The number of hydrogen-bond acceptors (Lipinski definition) is 6. The molecule has 1 heterocycles. The normalized spacial score (nSPS) is 17.7. The molecule has 1 aliphatic heterocycles. The molecule has 4 rings (SSSR count). The van der Waals surface area contributed by atoms with E-state index in [4.69, 9.17) is 15.3 Å². The number of methoxy groups -OCH3 is 1. The average molecular weight is 455 g/mol. The lowest BCUT2D eigenvalue weighted by Crippen LogP contribution is -2.50. The SMILES string of the molecule is COc1cccc(-c2cccc(C3(C)N=C(N)c4ccccc4N3OC(=O)C(F)(F)F)c2)c1. The van der Waals surface area contributed by atoms with Gasteiger partial charge in [-0.3, -0.25) is 0 Å². The minimum atomic E-state index is -5.19. The third-order valence-electron chi connectivity index (χ3n) is 5.35. The van der Waals surface area contributed by atoms with Crippen LogP contribution in [0.2, 0.25) is 0 Å². The van der Waals surface area contributed by atoms with Gasteiger partial charge in [0.25, 0.3) is 0 Å². The van der Waals surface area contributed by atoms with Crippen molar-refractivity contribution in [2.24, 2.45) is 10.7 Å². The Labute approximate surface area is 188 Å². The van der Waals surface area contributed by atoms with E-state index in [2.05, 4.69) is 4.99 Å². The van der Waals surface area contributed by atoms with E-state index in [1.54, 1.807) is 49.6 Å². The van der Waals surface area contributed by atoms with E-state index in [0.29, 0.717) is 16.9 Å². The van der Waals surface area contributed by atoms with Crippen molar-refractivity contribution in [1.82, 2.24) is 0 Å². The topological polar surface area (TPSA) is 77.2 Å². The number of hydrogen-bond donors (Lipinski definition) is 1. The van der Waals surface area contributed by atoms with E-state index in [-0.39, 0.29) is 11.5 Å². The number of hydroxylamine groups is 1. The molecule has 6 nitrogen and oxygen atoms in total. The summed E-state index contributed by atoms with van der Waals surface area (Å²) in [6.07, 6.45) is -5.19. The molecule has 1 atom stereocenters. The van der Waals surface area contributed by atoms with Gasteiger partial charge in [0.1, 0.15) is 11.6 Å². The molecular weight excluding hydrogens is 435 g/mol. The summed E-state index contributed by atoms with van der Waals surface area (Å²) in [6.45, 7) is 1.53. The lowest BCUT2D eigenvalue weighted by molar-refractivity contribution is -0.203. The summed E-state index contributed by atoms with van der Waals surface area (Å²) >= 11 is 0. The molecule has 170 valence electrons. The molecule has 0 aromatic heterocycles. The number of fused-ring (bicyclic) bond motifs is 1. The molecule has 0 fully saturated rings. The second-order valence-corrected chi connectivity index (χ2v) is 7.52. The zero-order chi connectivity index (χ0) is 23.8. The van der Waals surface area contributed by atoms with Gasteiger partial charge < -0.3 is 15.3 Å². The standard InChI is InChI=1S/C24H20F3N3O3/c1-23(17-9-5-7-15(13-17)16-8-6-10-18(14-16)32-2)29-21(28)19-11-3-4-12-20(19)30(23)33-22(31)24(25,26)27/h3-14H,1-2H3,(H2,28,29). The summed E-state index contributed by atoms with van der Waals surface area (Å²) in [6, 6.07) is 20.7. The molecule has 0 radical (unpaired) electrons. The molecule has 0 amide bonds. The van der Waals surface area contributed by atoms with E-state index >= 15 is 0 Å². The number of nitrogens with zero attached hydrogens (tertiary/aromatic N) is 2. The Balaban J connectivity index is 1.85. The Hall–Kier alpha value is -4.01. The summed E-state index contributed by atoms with van der Waals surface area (Å²) in [5.74, 6) is -1.60. The van der Waals surface area contributed by atoms with Crippen LogP contribution in [0.15, 0.2) is 77.8 Å². The monoisotopic (exact) mass is 455 g/mol. The molecule has 0 aliphatic carbocycles. The lowest BCUT2D eigenvalue weighted by Gasteiger charge is -2.41. The lowest BCUT2D eigenvalue weighted by atomic mass is 9.93. The smallest absolute Gasteiger partial charge is 0.493 e. The van der Waals surface area contributed by atoms with Gasteiger partial charge in [-0.2, -0.15) is 18.2 Å². The van der Waals surface area contributed by atoms with Crippen LogP contribution in [-0.2, 0) is 15.3 Å². The second-order valence-electron chi connectivity index (χ2n) is 7.52. The zero-order valence-electron chi connectivity index (χ0n) is 17.8. The number of para-hydroxylation sites is 1. The number of amidine groups is 1. The summed E-state index contributed by atoms with van der Waals surface area (Å²) in [5.41, 5.74) is 7.21. The van der Waals surface area contributed by atoms with Gasteiger partial charge in [0.2, 0.25) is 0 Å². The van der Waals surface area contributed by atoms with Gasteiger partial charge >= 0.3 is 12.1 Å². The molecule has 0 bridgehead atoms. The van der Waals surface area contributed by atoms with E-state index in [1.807, 2.05) is 24.3 Å². The maximum atomic E-state index is 13.1. The second kappa shape index (κ2) is 8.16. The van der Waals surface area contributed by atoms with Crippen molar-refractivity contribution >= 4 is 17.5 Å². The number of ether oxygens (including phenoxy) is 1. The number of carbonyl (C=O) groups excluding carboxylic acids is 1. The minimum absolute atomic E-state index is 0.110. The third kappa shape index (κ3) is 4.09. The highest BCUT2D eigenvalue weighted by Gasteiger charge is 2.48. The number of benzene rings is 3. The van der Waals surface area contributed by atoms with Crippen LogP contribution in [0.4, 0.5) is 18.9 Å². The number of nitrogens with two attached hydrogens (primary N) is 1. The van der Waals surface area contributed by atoms with Crippen molar-refractivity contribution in [2.75, 3.05) is 12.2 Å². The van der Waals surface area contributed by atoms with E-state index < -0.39 is 17.8 Å². The van der Waals surface area contributed by atoms with Crippen LogP contribution in [0, 0.1) is 0 Å². The predicted molar refractivity (Wildman–Crippen MR) is 118 cm³/mol. The van der Waals surface area contributed by atoms with Crippen LogP contribution in [-0.4, -0.2) is 25.1 Å². The van der Waals surface area contributed by atoms with Crippen molar-refractivity contribution in [1.29, 1.82) is 0 Å². The number of alkyl halides is 3. The average Bonchev–Trinajstić information content (AvgIpc) is 2.81. The van der Waals surface area contributed by atoms with E-state index in [0.717, 1.165) is 16.2 Å². The highest BCUT2D eigenvalue weighted by Crippen LogP contribution is 2.42. The highest BCUT2D eigenvalue weighted by atomic mass is 19.4. The first-order chi connectivity index (χ1) is 15.6. The molecule has 1 unspecified atom stereocenters. The molecular formula is C24H20F3N3O3. The van der Waals surface area contributed by atoms with Crippen LogP contribution in [0.3, 0.4) is 0 Å². The maximum absolute atomic E-state index is 13.1. The molecule has 0 spiro atoms. The Morgan fingerprint density at radius 2 is 1.67 bits per heavy atom. The van der Waals surface area contributed by atoms with Crippen LogP contribution >= 0.6 is 0 Å². The van der Waals surface area contributed by atoms with Crippen molar-refractivity contribution in [3.63, 3.8) is 0 Å². The maximum Gasteiger partial charge on any atom is 0.493 e. The van der Waals surface area contributed by atoms with Crippen LogP contribution in [0.5, 0.6) is 5.75 Å². The number of aliphatic imine (C=N–C) groups is 1. The van der Waals surface area contributed by atoms with Gasteiger partial charge in [0.05, 0.1) is 12.8 Å². The number of anilines is 1. The Kier molecular flexibility index (Phi) is 5.49. The first-order valence-electron chi connectivity index (χ1n) is 9.92. The molecule has 1 aliphatic rings. The molecule has 3 aromatic rings. The van der Waals surface area contributed by atoms with Crippen molar-refractivity contribution in [3.05, 3.63) is 83.9 Å². The van der Waals surface area contributed by atoms with E-state index in [1.165, 1.54) is 13.0 Å². The van der Waals surface area contributed by atoms with Gasteiger partial charge in [-0.05, 0) is 48.4 Å². The van der Waals surface area contributed by atoms with Crippen LogP contribution in [0.25, 0.3) is 11.1 Å². The van der Waals surface area contributed by atoms with Gasteiger partial charge in [-0.25, -0.2) is 9.79 Å². The fourth-order valence-corrected chi connectivity index (χ4v) is 3.69. The van der Waals surface area contributed by atoms with Crippen LogP contribution in [0.1, 0.15) is 18.1 Å². The summed E-state index contributed by atoms with van der Waals surface area (Å²) in [7, 11) is 1.56. The largest absolute Gasteiger partial charge is 0.497 e. The first kappa shape index (κ1) is 22.2. The number of carbonyl (C=O) groups is 1. The summed E-state index contributed by atoms with van der Waals surface area (Å²) < 4.78 is 44.6. The molecule has 0 saturated carbocycles. The first-order valence-corrected chi connectivity index (χ1v) is 9.92. The molecule has 9 heteroatoms. The molecule has 33 heavy (non-hydrogen) atoms. The zero-order valence-corrected chi connectivity index (χ0v) is 17.8. The Morgan fingerprint density at radius 3 is 2.36 bits per heavy atom. The predicted octanol–water partition coefficient (Wildman–Crippen LogP) is 4.78. The fraction of sp³-hybridized carbons (Fsp3) is 0.167. The fourth-order valence-electron chi connectivity index (χ4n) is 3.69. The molecule has 0 saturated heterocycles. The molecule has 3 aromatic carbocycles. The van der Waals surface area contributed by atoms with Gasteiger partial charge in [-0.15, -0.1) is 0 Å². The Bertz CT molecular complexity index is 1240. The van der Waals surface area contributed by atoms with Crippen molar-refractivity contribution in [2.45, 2.75) is 18.8 Å². The van der Waals surface area contributed by atoms with Gasteiger partial charge in [-0.1, -0.05) is 42.5 Å². The van der Waals surface area contributed by atoms with Crippen LogP contribution < -0.4 is 15.5 Å². The summed E-state index contributed by atoms with van der Waals surface area (Å²) in [4.78, 5) is 21.2. The third-order valence-corrected chi connectivity index (χ3v) is 5.35. The quantitative estimate of drug-likeness (QED) is 0.613. The minimum Gasteiger partial charge on any atom is -0.497 e. The van der Waals surface area contributed by atoms with Crippen molar-refractivity contribution < 1.29 is 27.5 Å². The summed E-state index contributed by atoms with van der Waals surface area (Å²) in [5, 5.41) is 0.860. The number of halogens is 3. The molecule has 2 N–H and O–H groups in total. The Morgan fingerprint density at radius 1 is 1.00 bits per heavy atom. The number of rotatable bonds is 4.